The zero-order valence-electron chi connectivity index (χ0n) is 21.8. The smallest absolute Gasteiger partial charge is 0.273 e. The van der Waals surface area contributed by atoms with Gasteiger partial charge in [0, 0.05) is 38.3 Å². The largest absolute Gasteiger partial charge is 0.382 e. The van der Waals surface area contributed by atoms with E-state index in [1.165, 1.54) is 13.0 Å². The molecule has 0 spiro atoms. The maximum absolute atomic E-state index is 12.7. The van der Waals surface area contributed by atoms with Crippen LogP contribution >= 0.6 is 0 Å². The highest BCUT2D eigenvalue weighted by molar-refractivity contribution is 6.00. The molecule has 198 valence electrons. The molecule has 0 saturated carbocycles. The molecule has 11 heteroatoms. The summed E-state index contributed by atoms with van der Waals surface area (Å²) >= 11 is 0. The Hall–Kier alpha value is -4.25. The number of nitrogens with one attached hydrogen (secondary N) is 3. The number of fused-ring (bicyclic) bond motifs is 1. The van der Waals surface area contributed by atoms with E-state index in [0.29, 0.717) is 12.2 Å². The Labute approximate surface area is 219 Å². The van der Waals surface area contributed by atoms with E-state index in [1.807, 2.05) is 37.3 Å². The third-order valence-electron chi connectivity index (χ3n) is 6.75. The number of anilines is 1. The van der Waals surface area contributed by atoms with Crippen molar-refractivity contribution in [3.05, 3.63) is 59.6 Å². The number of amides is 2. The molecule has 1 fully saturated rings. The molecule has 2 amide bonds. The fraction of sp³-hybridized carbons (Fsp3) is 0.370. The predicted molar refractivity (Wildman–Crippen MR) is 141 cm³/mol. The van der Waals surface area contributed by atoms with Gasteiger partial charge in [-0.2, -0.15) is 5.10 Å². The Kier molecular flexibility index (Phi) is 6.62. The number of pyridine rings is 1. The number of aliphatic hydroxyl groups is 1. The molecule has 4 aromatic rings. The molecule has 3 aromatic heterocycles. The quantitative estimate of drug-likeness (QED) is 0.292. The van der Waals surface area contributed by atoms with Crippen LogP contribution < -0.4 is 15.5 Å². The number of H-pyrrole nitrogens is 1. The molecular weight excluding hydrogens is 486 g/mol. The van der Waals surface area contributed by atoms with Gasteiger partial charge in [-0.1, -0.05) is 29.4 Å². The molecule has 1 saturated heterocycles. The standard InChI is InChI=1S/C27H31N7O4/c1-15(29-26(36)21-13-22(38-33-21)27(3,4)37)17-5-7-18(8-6-17)20-9-11-28-24-23(20)25(32-31-24)34-12-10-19(14-34)30-16(2)35/h5-9,11,13,15,19,37H,10,12,14H2,1-4H3,(H,29,36)(H,30,35)(H,28,31,32)/t15-,19-/m1/s1. The van der Waals surface area contributed by atoms with E-state index in [9.17, 15) is 14.7 Å². The number of nitrogens with zero attached hydrogens (tertiary/aromatic N) is 4. The summed E-state index contributed by atoms with van der Waals surface area (Å²) in [4.78, 5) is 30.8. The third kappa shape index (κ3) is 5.10. The van der Waals surface area contributed by atoms with E-state index in [0.717, 1.165) is 40.9 Å². The van der Waals surface area contributed by atoms with Crippen molar-refractivity contribution in [2.75, 3.05) is 18.0 Å². The first-order valence-electron chi connectivity index (χ1n) is 12.6. The van der Waals surface area contributed by atoms with E-state index in [-0.39, 0.29) is 35.4 Å². The Bertz CT molecular complexity index is 1470. The number of carbonyl (C=O) groups is 2. The molecule has 1 aliphatic rings. The van der Waals surface area contributed by atoms with Gasteiger partial charge in [-0.05, 0) is 49.9 Å². The lowest BCUT2D eigenvalue weighted by Crippen LogP contribution is -2.35. The van der Waals surface area contributed by atoms with Crippen LogP contribution in [0.3, 0.4) is 0 Å². The van der Waals surface area contributed by atoms with Gasteiger partial charge in [-0.25, -0.2) is 4.98 Å². The lowest BCUT2D eigenvalue weighted by atomic mass is 9.99. The normalized spacial score (nSPS) is 16.6. The Morgan fingerprint density at radius 2 is 2.00 bits per heavy atom. The highest BCUT2D eigenvalue weighted by Crippen LogP contribution is 2.35. The molecular formula is C27H31N7O4. The van der Waals surface area contributed by atoms with Crippen LogP contribution in [0.25, 0.3) is 22.2 Å². The van der Waals surface area contributed by atoms with Gasteiger partial charge in [0.1, 0.15) is 5.60 Å². The average Bonchev–Trinajstić information content (AvgIpc) is 3.62. The van der Waals surface area contributed by atoms with Crippen molar-refractivity contribution in [3.8, 4) is 11.1 Å². The monoisotopic (exact) mass is 517 g/mol. The molecule has 5 rings (SSSR count). The second-order valence-electron chi connectivity index (χ2n) is 10.2. The first-order chi connectivity index (χ1) is 18.1. The molecule has 0 aliphatic carbocycles. The minimum atomic E-state index is -1.22. The van der Waals surface area contributed by atoms with Gasteiger partial charge in [-0.15, -0.1) is 0 Å². The Morgan fingerprint density at radius 1 is 1.24 bits per heavy atom. The van der Waals surface area contributed by atoms with E-state index in [2.05, 4.69) is 35.9 Å². The lowest BCUT2D eigenvalue weighted by molar-refractivity contribution is -0.119. The number of carbonyl (C=O) groups excluding carboxylic acids is 2. The van der Waals surface area contributed by atoms with Crippen LogP contribution in [-0.4, -0.2) is 56.4 Å². The molecule has 0 radical (unpaired) electrons. The van der Waals surface area contributed by atoms with Gasteiger partial charge >= 0.3 is 0 Å². The lowest BCUT2D eigenvalue weighted by Gasteiger charge is -2.17. The predicted octanol–water partition coefficient (Wildman–Crippen LogP) is 3.05. The summed E-state index contributed by atoms with van der Waals surface area (Å²) in [6, 6.07) is 11.2. The summed E-state index contributed by atoms with van der Waals surface area (Å²) in [6.45, 7) is 8.03. The summed E-state index contributed by atoms with van der Waals surface area (Å²) in [5.74, 6) is 0.625. The topological polar surface area (TPSA) is 149 Å². The van der Waals surface area contributed by atoms with Crippen molar-refractivity contribution >= 4 is 28.7 Å². The minimum Gasteiger partial charge on any atom is -0.382 e. The van der Waals surface area contributed by atoms with E-state index in [4.69, 9.17) is 4.52 Å². The number of aromatic nitrogens is 4. The molecule has 1 aromatic carbocycles. The van der Waals surface area contributed by atoms with E-state index >= 15 is 0 Å². The molecule has 4 heterocycles. The number of rotatable bonds is 7. The summed E-state index contributed by atoms with van der Waals surface area (Å²) < 4.78 is 5.10. The fourth-order valence-corrected chi connectivity index (χ4v) is 4.74. The molecule has 4 N–H and O–H groups in total. The van der Waals surface area contributed by atoms with Crippen molar-refractivity contribution in [3.63, 3.8) is 0 Å². The fourth-order valence-electron chi connectivity index (χ4n) is 4.74. The second kappa shape index (κ2) is 9.90. The zero-order chi connectivity index (χ0) is 27.0. The number of hydrogen-bond acceptors (Lipinski definition) is 8. The van der Waals surface area contributed by atoms with Crippen LogP contribution in [0.1, 0.15) is 62.0 Å². The van der Waals surface area contributed by atoms with E-state index < -0.39 is 5.60 Å². The molecule has 0 unspecified atom stereocenters. The Morgan fingerprint density at radius 3 is 2.68 bits per heavy atom. The molecule has 2 atom stereocenters. The summed E-state index contributed by atoms with van der Waals surface area (Å²) in [6.07, 6.45) is 2.61. The second-order valence-corrected chi connectivity index (χ2v) is 10.2. The van der Waals surface area contributed by atoms with Crippen LogP contribution in [0.15, 0.2) is 47.1 Å². The summed E-state index contributed by atoms with van der Waals surface area (Å²) in [7, 11) is 0. The van der Waals surface area contributed by atoms with Crippen molar-refractivity contribution in [1.29, 1.82) is 0 Å². The average molecular weight is 518 g/mol. The van der Waals surface area contributed by atoms with Crippen molar-refractivity contribution in [2.24, 2.45) is 0 Å². The van der Waals surface area contributed by atoms with Gasteiger partial charge in [0.25, 0.3) is 5.91 Å². The number of aromatic amines is 1. The Balaban J connectivity index is 1.34. The van der Waals surface area contributed by atoms with Crippen molar-refractivity contribution < 1.29 is 19.2 Å². The molecule has 1 aliphatic heterocycles. The minimum absolute atomic E-state index is 0.0310. The van der Waals surface area contributed by atoms with Gasteiger partial charge in [0.05, 0.1) is 11.4 Å². The first-order valence-corrected chi connectivity index (χ1v) is 12.6. The van der Waals surface area contributed by atoms with Crippen LogP contribution in [0.2, 0.25) is 0 Å². The van der Waals surface area contributed by atoms with Crippen LogP contribution in [-0.2, 0) is 10.4 Å². The van der Waals surface area contributed by atoms with Gasteiger partial charge < -0.3 is 25.2 Å². The van der Waals surface area contributed by atoms with E-state index in [1.54, 1.807) is 20.0 Å². The zero-order valence-corrected chi connectivity index (χ0v) is 21.8. The molecule has 38 heavy (non-hydrogen) atoms. The molecule has 0 bridgehead atoms. The van der Waals surface area contributed by atoms with Crippen molar-refractivity contribution in [1.82, 2.24) is 31.0 Å². The summed E-state index contributed by atoms with van der Waals surface area (Å²) in [5.41, 5.74) is 2.49. The van der Waals surface area contributed by atoms with Crippen molar-refractivity contribution in [2.45, 2.75) is 51.8 Å². The third-order valence-corrected chi connectivity index (χ3v) is 6.75. The maximum atomic E-state index is 12.7. The molecule has 11 nitrogen and oxygen atoms in total. The highest BCUT2D eigenvalue weighted by Gasteiger charge is 2.28. The van der Waals surface area contributed by atoms with Crippen LogP contribution in [0, 0.1) is 0 Å². The van der Waals surface area contributed by atoms with Gasteiger partial charge in [0.15, 0.2) is 22.9 Å². The first kappa shape index (κ1) is 25.4. The van der Waals surface area contributed by atoms with Gasteiger partial charge in [0.2, 0.25) is 5.91 Å². The SMILES string of the molecule is CC(=O)N[C@@H]1CCN(c2n[nH]c3nccc(-c4ccc([C@@H](C)NC(=O)c5cc(C(C)(C)O)on5)cc4)c23)C1. The number of hydrogen-bond donors (Lipinski definition) is 4. The highest BCUT2D eigenvalue weighted by atomic mass is 16.5. The van der Waals surface area contributed by atoms with Crippen LogP contribution in [0.4, 0.5) is 5.82 Å². The maximum Gasteiger partial charge on any atom is 0.273 e. The number of benzene rings is 1. The van der Waals surface area contributed by atoms with Gasteiger partial charge in [-0.3, -0.25) is 14.7 Å². The van der Waals surface area contributed by atoms with Crippen LogP contribution in [0.5, 0.6) is 0 Å². The summed E-state index contributed by atoms with van der Waals surface area (Å²) in [5, 5.41) is 28.3.